The number of benzene rings is 1. The summed E-state index contributed by atoms with van der Waals surface area (Å²) in [7, 11) is -2.62. The Kier molecular flexibility index (Phi) is 7.42. The molecule has 2 saturated heterocycles. The van der Waals surface area contributed by atoms with Crippen molar-refractivity contribution in [1.29, 1.82) is 0 Å². The highest BCUT2D eigenvalue weighted by molar-refractivity contribution is 7.89. The van der Waals surface area contributed by atoms with Crippen LogP contribution in [0.1, 0.15) is 23.2 Å². The van der Waals surface area contributed by atoms with Gasteiger partial charge in [-0.2, -0.15) is 4.31 Å². The van der Waals surface area contributed by atoms with E-state index in [1.807, 2.05) is 0 Å². The number of carbonyl (C=O) groups is 1. The Labute approximate surface area is 166 Å². The monoisotopic (exact) mass is 412 g/mol. The summed E-state index contributed by atoms with van der Waals surface area (Å²) in [4.78, 5) is 14.3. The zero-order chi connectivity index (χ0) is 20.0. The van der Waals surface area contributed by atoms with Gasteiger partial charge in [-0.1, -0.05) is 12.1 Å². The number of hydrogen-bond acceptors (Lipinski definition) is 7. The van der Waals surface area contributed by atoms with Crippen molar-refractivity contribution < 1.29 is 27.4 Å². The second kappa shape index (κ2) is 9.80. The van der Waals surface area contributed by atoms with Gasteiger partial charge in [0.05, 0.1) is 30.8 Å². The van der Waals surface area contributed by atoms with Gasteiger partial charge in [0.2, 0.25) is 10.0 Å². The highest BCUT2D eigenvalue weighted by atomic mass is 32.2. The Bertz CT molecular complexity index is 757. The van der Waals surface area contributed by atoms with Crippen LogP contribution in [-0.2, 0) is 24.2 Å². The second-order valence-corrected chi connectivity index (χ2v) is 8.76. The molecule has 0 aromatic heterocycles. The van der Waals surface area contributed by atoms with Crippen molar-refractivity contribution in [1.82, 2.24) is 9.21 Å². The van der Waals surface area contributed by atoms with E-state index in [1.165, 1.54) is 19.2 Å². The maximum absolute atomic E-state index is 13.6. The highest BCUT2D eigenvalue weighted by Crippen LogP contribution is 2.26. The average molecular weight is 413 g/mol. The molecule has 156 valence electrons. The van der Waals surface area contributed by atoms with E-state index in [0.29, 0.717) is 52.4 Å². The molecular weight excluding hydrogens is 384 g/mol. The van der Waals surface area contributed by atoms with Crippen LogP contribution in [0.4, 0.5) is 0 Å². The maximum atomic E-state index is 13.6. The van der Waals surface area contributed by atoms with Gasteiger partial charge in [0.1, 0.15) is 0 Å². The Morgan fingerprint density at radius 3 is 2.46 bits per heavy atom. The minimum absolute atomic E-state index is 0.00433. The summed E-state index contributed by atoms with van der Waals surface area (Å²) >= 11 is 0. The van der Waals surface area contributed by atoms with E-state index < -0.39 is 16.0 Å². The zero-order valence-corrected chi connectivity index (χ0v) is 17.0. The Balaban J connectivity index is 1.88. The van der Waals surface area contributed by atoms with E-state index in [1.54, 1.807) is 16.4 Å². The van der Waals surface area contributed by atoms with E-state index in [4.69, 9.17) is 14.2 Å². The lowest BCUT2D eigenvalue weighted by Gasteiger charge is -2.35. The van der Waals surface area contributed by atoms with Crippen LogP contribution in [0.15, 0.2) is 29.2 Å². The normalized spacial score (nSPS) is 19.6. The fraction of sp³-hybridized carbons (Fsp3) is 0.632. The molecule has 0 amide bonds. The molecule has 9 heteroatoms. The van der Waals surface area contributed by atoms with Gasteiger partial charge in [-0.15, -0.1) is 0 Å². The van der Waals surface area contributed by atoms with Gasteiger partial charge in [0.15, 0.2) is 0 Å². The number of nitrogens with zero attached hydrogens (tertiary/aromatic N) is 2. The number of carbonyl (C=O) groups excluding carboxylic acids is 1. The first-order valence-electron chi connectivity index (χ1n) is 9.61. The predicted octanol–water partition coefficient (Wildman–Crippen LogP) is 0.975. The first-order valence-corrected chi connectivity index (χ1v) is 11.0. The molecule has 2 heterocycles. The van der Waals surface area contributed by atoms with Crippen LogP contribution in [0.25, 0.3) is 0 Å². The summed E-state index contributed by atoms with van der Waals surface area (Å²) in [5.74, 6) is -0.653. The van der Waals surface area contributed by atoms with Crippen LogP contribution in [0, 0.1) is 0 Å². The molecule has 0 spiro atoms. The summed E-state index contributed by atoms with van der Waals surface area (Å²) in [5, 5.41) is 0. The molecule has 0 bridgehead atoms. The van der Waals surface area contributed by atoms with Crippen LogP contribution in [0.5, 0.6) is 0 Å². The quantitative estimate of drug-likeness (QED) is 0.617. The third-order valence-electron chi connectivity index (χ3n) is 5.22. The predicted molar refractivity (Wildman–Crippen MR) is 103 cm³/mol. The molecule has 2 aliphatic heterocycles. The van der Waals surface area contributed by atoms with Crippen LogP contribution in [0.2, 0.25) is 0 Å². The molecule has 0 atom stereocenters. The van der Waals surface area contributed by atoms with Crippen LogP contribution in [-0.4, -0.2) is 89.4 Å². The first-order chi connectivity index (χ1) is 13.5. The van der Waals surface area contributed by atoms with Gasteiger partial charge in [0.25, 0.3) is 0 Å². The molecule has 0 saturated carbocycles. The van der Waals surface area contributed by atoms with Crippen LogP contribution >= 0.6 is 0 Å². The van der Waals surface area contributed by atoms with Crippen molar-refractivity contribution >= 4 is 16.0 Å². The molecule has 0 N–H and O–H groups in total. The Morgan fingerprint density at radius 2 is 1.79 bits per heavy atom. The summed E-state index contributed by atoms with van der Waals surface area (Å²) in [6.07, 6.45) is 1.28. The fourth-order valence-electron chi connectivity index (χ4n) is 3.63. The van der Waals surface area contributed by atoms with E-state index in [2.05, 4.69) is 4.90 Å². The minimum Gasteiger partial charge on any atom is -0.465 e. The smallest absolute Gasteiger partial charge is 0.339 e. The van der Waals surface area contributed by atoms with E-state index in [-0.39, 0.29) is 16.5 Å². The molecule has 8 nitrogen and oxygen atoms in total. The standard InChI is InChI=1S/C19H28N2O6S/c1-25-19(22)17-4-2-3-5-18(17)28(23,24)21(16-6-12-26-13-7-16)9-8-20-10-14-27-15-11-20/h2-5,16H,6-15H2,1H3. The average Bonchev–Trinajstić information content (AvgIpc) is 2.74. The summed E-state index contributed by atoms with van der Waals surface area (Å²) in [6.45, 7) is 4.97. The molecule has 0 unspecified atom stereocenters. The third kappa shape index (κ3) is 4.90. The van der Waals surface area contributed by atoms with Crippen molar-refractivity contribution in [3.8, 4) is 0 Å². The van der Waals surface area contributed by atoms with E-state index >= 15 is 0 Å². The first kappa shape index (κ1) is 21.2. The number of ether oxygens (including phenoxy) is 3. The van der Waals surface area contributed by atoms with Crippen LogP contribution < -0.4 is 0 Å². The van der Waals surface area contributed by atoms with Crippen molar-refractivity contribution in [3.63, 3.8) is 0 Å². The Hall–Kier alpha value is -1.52. The van der Waals surface area contributed by atoms with Crippen molar-refractivity contribution in [2.45, 2.75) is 23.8 Å². The number of methoxy groups -OCH3 is 1. The molecule has 1 aromatic carbocycles. The van der Waals surface area contributed by atoms with Crippen molar-refractivity contribution in [2.24, 2.45) is 0 Å². The van der Waals surface area contributed by atoms with Gasteiger partial charge in [-0.25, -0.2) is 13.2 Å². The fourth-order valence-corrected chi connectivity index (χ4v) is 5.49. The Morgan fingerprint density at radius 1 is 1.14 bits per heavy atom. The number of rotatable bonds is 7. The topological polar surface area (TPSA) is 85.4 Å². The van der Waals surface area contributed by atoms with Gasteiger partial charge in [-0.3, -0.25) is 4.90 Å². The lowest BCUT2D eigenvalue weighted by atomic mass is 10.1. The number of hydrogen-bond donors (Lipinski definition) is 0. The number of sulfonamides is 1. The second-order valence-electron chi connectivity index (χ2n) is 6.90. The van der Waals surface area contributed by atoms with Gasteiger partial charge in [0, 0.05) is 45.4 Å². The number of esters is 1. The SMILES string of the molecule is COC(=O)c1ccccc1S(=O)(=O)N(CCN1CCOCC1)C1CCOCC1. The summed E-state index contributed by atoms with van der Waals surface area (Å²) < 4.78 is 44.3. The zero-order valence-electron chi connectivity index (χ0n) is 16.2. The molecule has 0 radical (unpaired) electrons. The molecular formula is C19H28N2O6S. The minimum atomic E-state index is -3.87. The molecule has 1 aromatic rings. The molecule has 28 heavy (non-hydrogen) atoms. The molecule has 3 rings (SSSR count). The lowest BCUT2D eigenvalue weighted by Crippen LogP contribution is -2.48. The van der Waals surface area contributed by atoms with Crippen molar-refractivity contribution in [3.05, 3.63) is 29.8 Å². The molecule has 0 aliphatic carbocycles. The van der Waals surface area contributed by atoms with Crippen molar-refractivity contribution in [2.75, 3.05) is 59.7 Å². The number of morpholine rings is 1. The third-order valence-corrected chi connectivity index (χ3v) is 7.23. The van der Waals surface area contributed by atoms with Gasteiger partial charge < -0.3 is 14.2 Å². The van der Waals surface area contributed by atoms with E-state index in [9.17, 15) is 13.2 Å². The van der Waals surface area contributed by atoms with Gasteiger partial charge in [-0.05, 0) is 25.0 Å². The maximum Gasteiger partial charge on any atom is 0.339 e. The highest BCUT2D eigenvalue weighted by Gasteiger charge is 2.35. The lowest BCUT2D eigenvalue weighted by molar-refractivity contribution is 0.0291. The van der Waals surface area contributed by atoms with Crippen LogP contribution in [0.3, 0.4) is 0 Å². The van der Waals surface area contributed by atoms with Gasteiger partial charge >= 0.3 is 5.97 Å². The summed E-state index contributed by atoms with van der Waals surface area (Å²) in [5.41, 5.74) is 0.0634. The molecule has 2 fully saturated rings. The molecule has 2 aliphatic rings. The largest absolute Gasteiger partial charge is 0.465 e. The van der Waals surface area contributed by atoms with E-state index in [0.717, 1.165) is 13.1 Å². The summed E-state index contributed by atoms with van der Waals surface area (Å²) in [6, 6.07) is 6.08.